The van der Waals surface area contributed by atoms with E-state index in [4.69, 9.17) is 9.47 Å². The molecule has 0 saturated heterocycles. The van der Waals surface area contributed by atoms with Crippen molar-refractivity contribution in [2.45, 2.75) is 13.8 Å². The molecule has 3 rings (SSSR count). The maximum absolute atomic E-state index is 5.41. The van der Waals surface area contributed by atoms with Crippen LogP contribution in [0.2, 0.25) is 0 Å². The molecule has 0 amide bonds. The molecule has 0 fully saturated rings. The number of methoxy groups -OCH3 is 2. The van der Waals surface area contributed by atoms with Crippen molar-refractivity contribution in [1.29, 1.82) is 0 Å². The van der Waals surface area contributed by atoms with Gasteiger partial charge in [-0.25, -0.2) is 4.98 Å². The van der Waals surface area contributed by atoms with E-state index in [2.05, 4.69) is 46.6 Å². The Morgan fingerprint density at radius 2 is 1.69 bits per heavy atom. The highest BCUT2D eigenvalue weighted by Gasteiger charge is 2.07. The number of benzene rings is 2. The Labute approximate surface area is 153 Å². The maximum Gasteiger partial charge on any atom is 0.229 e. The van der Waals surface area contributed by atoms with Gasteiger partial charge in [0.1, 0.15) is 17.3 Å². The van der Waals surface area contributed by atoms with Gasteiger partial charge in [0.15, 0.2) is 0 Å². The number of nitrogens with zero attached hydrogens (tertiary/aromatic N) is 2. The molecule has 0 atom stereocenters. The van der Waals surface area contributed by atoms with Gasteiger partial charge in [0.05, 0.1) is 19.9 Å². The van der Waals surface area contributed by atoms with Gasteiger partial charge in [-0.3, -0.25) is 0 Å². The van der Waals surface area contributed by atoms with Crippen molar-refractivity contribution in [1.82, 2.24) is 9.97 Å². The summed E-state index contributed by atoms with van der Waals surface area (Å²) in [5, 5.41) is 6.48. The molecule has 2 N–H and O–H groups in total. The third kappa shape index (κ3) is 4.03. The molecule has 6 heteroatoms. The van der Waals surface area contributed by atoms with Crippen molar-refractivity contribution >= 4 is 23.1 Å². The number of ether oxygens (including phenoxy) is 2. The van der Waals surface area contributed by atoms with Gasteiger partial charge in [-0.05, 0) is 55.3 Å². The van der Waals surface area contributed by atoms with Crippen LogP contribution in [0, 0.1) is 13.8 Å². The van der Waals surface area contributed by atoms with Crippen molar-refractivity contribution in [3.63, 3.8) is 0 Å². The predicted octanol–water partition coefficient (Wildman–Crippen LogP) is 4.60. The molecule has 26 heavy (non-hydrogen) atoms. The second-order valence-electron chi connectivity index (χ2n) is 5.88. The van der Waals surface area contributed by atoms with Crippen LogP contribution in [-0.2, 0) is 0 Å². The van der Waals surface area contributed by atoms with Crippen LogP contribution in [0.4, 0.5) is 23.1 Å². The summed E-state index contributed by atoms with van der Waals surface area (Å²) in [6.45, 7) is 4.16. The van der Waals surface area contributed by atoms with Crippen molar-refractivity contribution in [2.24, 2.45) is 0 Å². The van der Waals surface area contributed by atoms with E-state index >= 15 is 0 Å². The zero-order valence-corrected chi connectivity index (χ0v) is 15.3. The van der Waals surface area contributed by atoms with E-state index in [1.165, 1.54) is 11.1 Å². The number of hydrogen-bond donors (Lipinski definition) is 2. The first-order valence-electron chi connectivity index (χ1n) is 8.25. The van der Waals surface area contributed by atoms with Crippen LogP contribution in [-0.4, -0.2) is 24.2 Å². The summed E-state index contributed by atoms with van der Waals surface area (Å²) < 4.78 is 10.6. The number of rotatable bonds is 6. The molecule has 6 nitrogen and oxygen atoms in total. The second-order valence-corrected chi connectivity index (χ2v) is 5.88. The summed E-state index contributed by atoms with van der Waals surface area (Å²) in [6.07, 6.45) is 1.70. The average Bonchev–Trinajstić information content (AvgIpc) is 2.65. The monoisotopic (exact) mass is 350 g/mol. The van der Waals surface area contributed by atoms with Gasteiger partial charge in [0.25, 0.3) is 0 Å². The van der Waals surface area contributed by atoms with Crippen LogP contribution in [0.5, 0.6) is 11.5 Å². The zero-order chi connectivity index (χ0) is 18.5. The Bertz CT molecular complexity index is 912. The lowest BCUT2D eigenvalue weighted by molar-refractivity contribution is 0.395. The number of aromatic nitrogens is 2. The Balaban J connectivity index is 1.80. The van der Waals surface area contributed by atoms with E-state index < -0.39 is 0 Å². The molecule has 0 aliphatic carbocycles. The van der Waals surface area contributed by atoms with Gasteiger partial charge in [0.2, 0.25) is 5.95 Å². The highest BCUT2D eigenvalue weighted by Crippen LogP contribution is 2.31. The molecule has 0 saturated carbocycles. The first-order valence-corrected chi connectivity index (χ1v) is 8.25. The minimum absolute atomic E-state index is 0.519. The van der Waals surface area contributed by atoms with Crippen molar-refractivity contribution in [3.05, 3.63) is 59.8 Å². The Morgan fingerprint density at radius 1 is 0.846 bits per heavy atom. The SMILES string of the molecule is COc1ccc(Nc2ccnc(Nc3ccc(C)c(C)c3)n2)c(OC)c1. The van der Waals surface area contributed by atoms with E-state index in [9.17, 15) is 0 Å². The molecule has 1 heterocycles. The first-order chi connectivity index (χ1) is 12.6. The summed E-state index contributed by atoms with van der Waals surface area (Å²) in [4.78, 5) is 8.80. The molecule has 1 aromatic heterocycles. The highest BCUT2D eigenvalue weighted by molar-refractivity contribution is 5.66. The standard InChI is InChI=1S/C20H22N4O2/c1-13-5-6-15(11-14(13)2)22-20-21-10-9-19(24-20)23-17-8-7-16(25-3)12-18(17)26-4/h5-12H,1-4H3,(H2,21,22,23,24). The number of aryl methyl sites for hydroxylation is 2. The lowest BCUT2D eigenvalue weighted by atomic mass is 10.1. The van der Waals surface area contributed by atoms with Crippen LogP contribution in [0.15, 0.2) is 48.7 Å². The smallest absolute Gasteiger partial charge is 0.229 e. The molecule has 0 unspecified atom stereocenters. The van der Waals surface area contributed by atoms with Gasteiger partial charge in [0, 0.05) is 18.0 Å². The summed E-state index contributed by atoms with van der Waals surface area (Å²) >= 11 is 0. The third-order valence-electron chi connectivity index (χ3n) is 4.09. The molecule has 0 bridgehead atoms. The minimum atomic E-state index is 0.519. The lowest BCUT2D eigenvalue weighted by Crippen LogP contribution is -2.02. The Kier molecular flexibility index (Phi) is 5.22. The normalized spacial score (nSPS) is 10.3. The molecule has 0 radical (unpaired) electrons. The number of nitrogens with one attached hydrogen (secondary N) is 2. The van der Waals surface area contributed by atoms with Crippen LogP contribution >= 0.6 is 0 Å². The fourth-order valence-corrected chi connectivity index (χ4v) is 2.48. The highest BCUT2D eigenvalue weighted by atomic mass is 16.5. The fourth-order valence-electron chi connectivity index (χ4n) is 2.48. The molecular formula is C20H22N4O2. The summed E-state index contributed by atoms with van der Waals surface area (Å²) in [5.41, 5.74) is 4.21. The van der Waals surface area contributed by atoms with E-state index in [0.29, 0.717) is 17.5 Å². The van der Waals surface area contributed by atoms with Crippen molar-refractivity contribution < 1.29 is 9.47 Å². The van der Waals surface area contributed by atoms with Crippen LogP contribution in [0.3, 0.4) is 0 Å². The van der Waals surface area contributed by atoms with Crippen LogP contribution < -0.4 is 20.1 Å². The quantitative estimate of drug-likeness (QED) is 0.677. The molecule has 0 aliphatic heterocycles. The third-order valence-corrected chi connectivity index (χ3v) is 4.09. The summed E-state index contributed by atoms with van der Waals surface area (Å²) in [6, 6.07) is 13.5. The largest absolute Gasteiger partial charge is 0.497 e. The number of anilines is 4. The fraction of sp³-hybridized carbons (Fsp3) is 0.200. The minimum Gasteiger partial charge on any atom is -0.497 e. The van der Waals surface area contributed by atoms with Gasteiger partial charge in [-0.2, -0.15) is 4.98 Å². The van der Waals surface area contributed by atoms with E-state index in [-0.39, 0.29) is 0 Å². The molecule has 3 aromatic rings. The van der Waals surface area contributed by atoms with Crippen LogP contribution in [0.25, 0.3) is 0 Å². The lowest BCUT2D eigenvalue weighted by Gasteiger charge is -2.13. The van der Waals surface area contributed by atoms with E-state index in [1.54, 1.807) is 26.5 Å². The summed E-state index contributed by atoms with van der Waals surface area (Å²) in [7, 11) is 3.24. The van der Waals surface area contributed by atoms with Crippen LogP contribution in [0.1, 0.15) is 11.1 Å². The zero-order valence-electron chi connectivity index (χ0n) is 15.3. The first kappa shape index (κ1) is 17.5. The average molecular weight is 350 g/mol. The topological polar surface area (TPSA) is 68.3 Å². The molecule has 134 valence electrons. The van der Waals surface area contributed by atoms with Gasteiger partial charge in [-0.15, -0.1) is 0 Å². The number of hydrogen-bond acceptors (Lipinski definition) is 6. The van der Waals surface area contributed by atoms with E-state index in [1.807, 2.05) is 24.3 Å². The van der Waals surface area contributed by atoms with E-state index in [0.717, 1.165) is 17.1 Å². The molecule has 0 spiro atoms. The molecule has 2 aromatic carbocycles. The van der Waals surface area contributed by atoms with Crippen molar-refractivity contribution in [3.8, 4) is 11.5 Å². The van der Waals surface area contributed by atoms with Gasteiger partial charge >= 0.3 is 0 Å². The van der Waals surface area contributed by atoms with Gasteiger partial charge in [-0.1, -0.05) is 6.07 Å². The Hall–Kier alpha value is -3.28. The molecular weight excluding hydrogens is 328 g/mol. The van der Waals surface area contributed by atoms with Gasteiger partial charge < -0.3 is 20.1 Å². The summed E-state index contributed by atoms with van der Waals surface area (Å²) in [5.74, 6) is 2.58. The second kappa shape index (κ2) is 7.74. The molecule has 0 aliphatic rings. The predicted molar refractivity (Wildman–Crippen MR) is 104 cm³/mol. The van der Waals surface area contributed by atoms with Crippen molar-refractivity contribution in [2.75, 3.05) is 24.9 Å². The Morgan fingerprint density at radius 3 is 2.42 bits per heavy atom. The maximum atomic E-state index is 5.41.